The van der Waals surface area contributed by atoms with E-state index >= 15 is 0 Å². The summed E-state index contributed by atoms with van der Waals surface area (Å²) in [6.45, 7) is -0.239. The fraction of sp³-hybridized carbons (Fsp3) is 0.125. The van der Waals surface area contributed by atoms with Crippen molar-refractivity contribution >= 4 is 11.8 Å². The third-order valence-corrected chi connectivity index (χ3v) is 1.57. The summed E-state index contributed by atoms with van der Waals surface area (Å²) < 4.78 is 13.2. The van der Waals surface area contributed by atoms with Crippen molar-refractivity contribution in [1.82, 2.24) is 0 Å². The van der Waals surface area contributed by atoms with Gasteiger partial charge in [-0.25, -0.2) is 9.79 Å². The number of carbonyl (C=O) groups excluding carboxylic acids is 1. The van der Waals surface area contributed by atoms with E-state index in [4.69, 9.17) is 0 Å². The van der Waals surface area contributed by atoms with E-state index in [0.29, 0.717) is 0 Å². The highest BCUT2D eigenvalue weighted by Crippen LogP contribution is 2.20. The van der Waals surface area contributed by atoms with Crippen molar-refractivity contribution in [3.63, 3.8) is 0 Å². The van der Waals surface area contributed by atoms with Crippen LogP contribution in [0, 0.1) is 15.9 Å². The van der Waals surface area contributed by atoms with Crippen molar-refractivity contribution in [3.05, 3.63) is 39.7 Å². The van der Waals surface area contributed by atoms with Gasteiger partial charge in [-0.15, -0.1) is 0 Å². The summed E-state index contributed by atoms with van der Waals surface area (Å²) in [7, 11) is 0. The molecule has 1 aromatic carbocycles. The van der Waals surface area contributed by atoms with E-state index in [1.807, 2.05) is 0 Å². The van der Waals surface area contributed by atoms with Crippen molar-refractivity contribution in [2.45, 2.75) is 6.54 Å². The number of aliphatic imine (C=N–C) groups is 1. The van der Waals surface area contributed by atoms with Crippen LogP contribution in [0.3, 0.4) is 0 Å². The molecule has 0 radical (unpaired) electrons. The van der Waals surface area contributed by atoms with Gasteiger partial charge in [-0.2, -0.15) is 4.39 Å². The molecule has 0 N–H and O–H groups in total. The summed E-state index contributed by atoms with van der Waals surface area (Å²) in [6.07, 6.45) is 1.23. The fourth-order valence-electron chi connectivity index (χ4n) is 0.947. The first-order chi connectivity index (χ1) is 6.66. The highest BCUT2D eigenvalue weighted by atomic mass is 19.1. The van der Waals surface area contributed by atoms with Gasteiger partial charge in [0.25, 0.3) is 0 Å². The zero-order valence-electron chi connectivity index (χ0n) is 6.94. The van der Waals surface area contributed by atoms with E-state index in [1.54, 1.807) is 0 Å². The second-order valence-electron chi connectivity index (χ2n) is 2.41. The SMILES string of the molecule is O=C=NCc1cccc([N+](=O)[O-])c1F. The maximum atomic E-state index is 13.2. The Labute approximate surface area is 78.0 Å². The Kier molecular flexibility index (Phi) is 3.04. The normalized spacial score (nSPS) is 9.21. The van der Waals surface area contributed by atoms with Gasteiger partial charge in [0.05, 0.1) is 11.5 Å². The molecule has 0 unspecified atom stereocenters. The van der Waals surface area contributed by atoms with Gasteiger partial charge in [0.15, 0.2) is 0 Å². The zero-order chi connectivity index (χ0) is 10.6. The van der Waals surface area contributed by atoms with Crippen LogP contribution in [0.5, 0.6) is 0 Å². The molecule has 0 saturated heterocycles. The van der Waals surface area contributed by atoms with E-state index in [9.17, 15) is 19.3 Å². The first-order valence-corrected chi connectivity index (χ1v) is 3.62. The fourth-order valence-corrected chi connectivity index (χ4v) is 0.947. The average molecular weight is 196 g/mol. The largest absolute Gasteiger partial charge is 0.305 e. The minimum absolute atomic E-state index is 0.00236. The smallest absolute Gasteiger partial charge is 0.258 e. The molecule has 72 valence electrons. The summed E-state index contributed by atoms with van der Waals surface area (Å²) >= 11 is 0. The number of nitro groups is 1. The Bertz CT molecular complexity index is 413. The molecule has 0 atom stereocenters. The van der Waals surface area contributed by atoms with Crippen LogP contribution in [0.2, 0.25) is 0 Å². The predicted octanol–water partition coefficient (Wildman–Crippen LogP) is 1.57. The Morgan fingerprint density at radius 1 is 1.57 bits per heavy atom. The van der Waals surface area contributed by atoms with E-state index in [0.717, 1.165) is 6.07 Å². The van der Waals surface area contributed by atoms with E-state index < -0.39 is 16.4 Å². The molecule has 5 nitrogen and oxygen atoms in total. The highest BCUT2D eigenvalue weighted by molar-refractivity contribution is 5.38. The van der Waals surface area contributed by atoms with Gasteiger partial charge in [0.1, 0.15) is 0 Å². The zero-order valence-corrected chi connectivity index (χ0v) is 6.94. The summed E-state index contributed by atoms with van der Waals surface area (Å²) in [5, 5.41) is 10.3. The maximum Gasteiger partial charge on any atom is 0.305 e. The molecule has 14 heavy (non-hydrogen) atoms. The van der Waals surface area contributed by atoms with Crippen molar-refractivity contribution in [3.8, 4) is 0 Å². The number of isocyanates is 1. The first kappa shape index (κ1) is 10.0. The number of nitro benzene ring substituents is 1. The van der Waals surface area contributed by atoms with Gasteiger partial charge in [-0.05, 0) is 0 Å². The van der Waals surface area contributed by atoms with Crippen LogP contribution in [-0.2, 0) is 11.3 Å². The molecule has 0 heterocycles. The molecular weight excluding hydrogens is 191 g/mol. The molecule has 0 spiro atoms. The summed E-state index contributed by atoms with van der Waals surface area (Å²) in [6, 6.07) is 3.70. The molecule has 0 bridgehead atoms. The quantitative estimate of drug-likeness (QED) is 0.318. The number of rotatable bonds is 3. The second-order valence-corrected chi connectivity index (χ2v) is 2.41. The van der Waals surface area contributed by atoms with E-state index in [2.05, 4.69) is 4.99 Å². The third kappa shape index (κ3) is 1.99. The van der Waals surface area contributed by atoms with Crippen LogP contribution in [0.25, 0.3) is 0 Å². The van der Waals surface area contributed by atoms with Gasteiger partial charge in [0, 0.05) is 11.6 Å². The predicted molar refractivity (Wildman–Crippen MR) is 44.9 cm³/mol. The van der Waals surface area contributed by atoms with Crippen molar-refractivity contribution in [2.24, 2.45) is 4.99 Å². The van der Waals surface area contributed by atoms with Crippen molar-refractivity contribution < 1.29 is 14.1 Å². The molecule has 0 saturated carbocycles. The number of halogens is 1. The van der Waals surface area contributed by atoms with E-state index in [1.165, 1.54) is 18.2 Å². The number of hydrogen-bond acceptors (Lipinski definition) is 4. The molecule has 1 aromatic rings. The third-order valence-electron chi connectivity index (χ3n) is 1.57. The van der Waals surface area contributed by atoms with Gasteiger partial charge in [0.2, 0.25) is 11.9 Å². The topological polar surface area (TPSA) is 72.6 Å². The Morgan fingerprint density at radius 2 is 2.29 bits per heavy atom. The van der Waals surface area contributed by atoms with Crippen molar-refractivity contribution in [1.29, 1.82) is 0 Å². The van der Waals surface area contributed by atoms with Gasteiger partial charge in [-0.1, -0.05) is 12.1 Å². The lowest BCUT2D eigenvalue weighted by molar-refractivity contribution is -0.387. The Hall–Kier alpha value is -2.07. The lowest BCUT2D eigenvalue weighted by Gasteiger charge is -1.98. The van der Waals surface area contributed by atoms with Gasteiger partial charge in [-0.3, -0.25) is 10.1 Å². The second kappa shape index (κ2) is 4.25. The van der Waals surface area contributed by atoms with E-state index in [-0.39, 0.29) is 12.1 Å². The van der Waals surface area contributed by atoms with Crippen LogP contribution in [0.15, 0.2) is 23.2 Å². The van der Waals surface area contributed by atoms with Crippen LogP contribution >= 0.6 is 0 Å². The monoisotopic (exact) mass is 196 g/mol. The van der Waals surface area contributed by atoms with Gasteiger partial charge >= 0.3 is 5.69 Å². The van der Waals surface area contributed by atoms with Gasteiger partial charge < -0.3 is 0 Å². The van der Waals surface area contributed by atoms with Crippen LogP contribution in [0.4, 0.5) is 10.1 Å². The van der Waals surface area contributed by atoms with Crippen LogP contribution in [0.1, 0.15) is 5.56 Å². The molecule has 0 amide bonds. The molecule has 0 aromatic heterocycles. The lowest BCUT2D eigenvalue weighted by Crippen LogP contribution is -1.96. The maximum absolute atomic E-state index is 13.2. The first-order valence-electron chi connectivity index (χ1n) is 3.62. The molecule has 0 aliphatic heterocycles. The molecule has 6 heteroatoms. The minimum atomic E-state index is -0.962. The van der Waals surface area contributed by atoms with Crippen molar-refractivity contribution in [2.75, 3.05) is 0 Å². The molecule has 0 aliphatic rings. The average Bonchev–Trinajstić information content (AvgIpc) is 2.16. The Balaban J connectivity index is 3.13. The molecule has 1 rings (SSSR count). The lowest BCUT2D eigenvalue weighted by atomic mass is 10.2. The standard InChI is InChI=1S/C8H5FN2O3/c9-8-6(4-10-5-12)2-1-3-7(8)11(13)14/h1-3H,4H2. The summed E-state index contributed by atoms with van der Waals surface area (Å²) in [5.41, 5.74) is -0.619. The summed E-state index contributed by atoms with van der Waals surface area (Å²) in [5.74, 6) is -0.962. The number of hydrogen-bond donors (Lipinski definition) is 0. The molecule has 0 aliphatic carbocycles. The van der Waals surface area contributed by atoms with Crippen LogP contribution in [-0.4, -0.2) is 11.0 Å². The minimum Gasteiger partial charge on any atom is -0.258 e. The molecular formula is C8H5FN2O3. The Morgan fingerprint density at radius 3 is 2.86 bits per heavy atom. The number of benzene rings is 1. The number of nitrogens with zero attached hydrogens (tertiary/aromatic N) is 2. The molecule has 0 fully saturated rings. The van der Waals surface area contributed by atoms with Crippen LogP contribution < -0.4 is 0 Å². The highest BCUT2D eigenvalue weighted by Gasteiger charge is 2.16. The summed E-state index contributed by atoms with van der Waals surface area (Å²) in [4.78, 5) is 22.4.